The van der Waals surface area contributed by atoms with E-state index >= 15 is 0 Å². The largest absolute Gasteiger partial charge is 0.496 e. The van der Waals surface area contributed by atoms with Crippen LogP contribution in [-0.4, -0.2) is 44.5 Å². The van der Waals surface area contributed by atoms with Gasteiger partial charge in [-0.1, -0.05) is 17.3 Å². The molecule has 0 unspecified atom stereocenters. The van der Waals surface area contributed by atoms with Crippen LogP contribution in [0.1, 0.15) is 18.7 Å². The van der Waals surface area contributed by atoms with E-state index in [-0.39, 0.29) is 0 Å². The molecule has 1 aromatic carbocycles. The van der Waals surface area contributed by atoms with Crippen molar-refractivity contribution >= 4 is 0 Å². The Labute approximate surface area is 146 Å². The second-order valence-electron chi connectivity index (χ2n) is 6.21. The summed E-state index contributed by atoms with van der Waals surface area (Å²) in [7, 11) is 1.64. The maximum absolute atomic E-state index is 5.48. The molecular weight excluding hydrogens is 318 g/mol. The van der Waals surface area contributed by atoms with Crippen molar-refractivity contribution in [3.8, 4) is 17.1 Å². The van der Waals surface area contributed by atoms with Crippen molar-refractivity contribution in [1.29, 1.82) is 0 Å². The lowest BCUT2D eigenvalue weighted by atomic mass is 10.2. The lowest BCUT2D eigenvalue weighted by Crippen LogP contribution is -2.32. The number of rotatable bonds is 6. The van der Waals surface area contributed by atoms with Crippen LogP contribution in [-0.2, 0) is 13.1 Å². The van der Waals surface area contributed by atoms with Crippen molar-refractivity contribution in [2.24, 2.45) is 0 Å². The predicted octanol–water partition coefficient (Wildman–Crippen LogP) is 2.61. The maximum atomic E-state index is 5.48. The zero-order valence-electron chi connectivity index (χ0n) is 14.2. The summed E-state index contributed by atoms with van der Waals surface area (Å²) < 4.78 is 12.8. The second kappa shape index (κ2) is 7.06. The van der Waals surface area contributed by atoms with E-state index in [0.717, 1.165) is 30.8 Å². The lowest BCUT2D eigenvalue weighted by molar-refractivity contribution is 0.192. The Bertz CT molecular complexity index is 815. The van der Waals surface area contributed by atoms with Crippen molar-refractivity contribution in [2.75, 3.05) is 13.7 Å². The maximum Gasteiger partial charge on any atom is 0.241 e. The van der Waals surface area contributed by atoms with Gasteiger partial charge in [0.15, 0.2) is 0 Å². The van der Waals surface area contributed by atoms with Crippen LogP contribution in [0.4, 0.5) is 0 Å². The van der Waals surface area contributed by atoms with Crippen LogP contribution < -0.4 is 4.74 Å². The smallest absolute Gasteiger partial charge is 0.241 e. The SMILES string of the molecule is COc1ccccc1-c1noc(CN2CCC[C@H]2Cn2cccn2)n1. The van der Waals surface area contributed by atoms with E-state index in [2.05, 4.69) is 20.1 Å². The highest BCUT2D eigenvalue weighted by atomic mass is 16.5. The van der Waals surface area contributed by atoms with Gasteiger partial charge in [0.2, 0.25) is 11.7 Å². The van der Waals surface area contributed by atoms with Gasteiger partial charge in [-0.05, 0) is 37.6 Å². The van der Waals surface area contributed by atoms with Gasteiger partial charge in [-0.25, -0.2) is 0 Å². The molecule has 0 amide bonds. The molecule has 25 heavy (non-hydrogen) atoms. The molecule has 0 N–H and O–H groups in total. The first-order valence-electron chi connectivity index (χ1n) is 8.51. The summed E-state index contributed by atoms with van der Waals surface area (Å²) in [5, 5.41) is 8.44. The molecule has 0 bridgehead atoms. The zero-order valence-corrected chi connectivity index (χ0v) is 14.2. The molecule has 3 aromatic rings. The van der Waals surface area contributed by atoms with Gasteiger partial charge in [0, 0.05) is 18.4 Å². The van der Waals surface area contributed by atoms with Crippen LogP contribution in [0.25, 0.3) is 11.4 Å². The van der Waals surface area contributed by atoms with Crippen LogP contribution in [0.2, 0.25) is 0 Å². The molecule has 2 aromatic heterocycles. The second-order valence-corrected chi connectivity index (χ2v) is 6.21. The fourth-order valence-corrected chi connectivity index (χ4v) is 3.37. The van der Waals surface area contributed by atoms with E-state index in [9.17, 15) is 0 Å². The average molecular weight is 339 g/mol. The summed E-state index contributed by atoms with van der Waals surface area (Å²) in [5.74, 6) is 1.94. The normalized spacial score (nSPS) is 17.9. The van der Waals surface area contributed by atoms with Crippen molar-refractivity contribution in [3.63, 3.8) is 0 Å². The first-order chi connectivity index (χ1) is 12.3. The molecule has 3 heterocycles. The van der Waals surface area contributed by atoms with Crippen LogP contribution in [0.3, 0.4) is 0 Å². The number of para-hydroxylation sites is 1. The fraction of sp³-hybridized carbons (Fsp3) is 0.389. The van der Waals surface area contributed by atoms with Crippen LogP contribution in [0, 0.1) is 0 Å². The van der Waals surface area contributed by atoms with E-state index in [4.69, 9.17) is 9.26 Å². The fourth-order valence-electron chi connectivity index (χ4n) is 3.37. The van der Waals surface area contributed by atoms with E-state index in [0.29, 0.717) is 24.3 Å². The number of likely N-dealkylation sites (tertiary alicyclic amines) is 1. The van der Waals surface area contributed by atoms with Gasteiger partial charge in [0.25, 0.3) is 0 Å². The monoisotopic (exact) mass is 339 g/mol. The molecule has 1 saturated heterocycles. The first-order valence-corrected chi connectivity index (χ1v) is 8.51. The topological polar surface area (TPSA) is 69.2 Å². The number of nitrogens with zero attached hydrogens (tertiary/aromatic N) is 5. The highest BCUT2D eigenvalue weighted by molar-refractivity contribution is 5.63. The van der Waals surface area contributed by atoms with E-state index in [1.165, 1.54) is 6.42 Å². The summed E-state index contributed by atoms with van der Waals surface area (Å²) in [6, 6.07) is 10.1. The minimum Gasteiger partial charge on any atom is -0.496 e. The highest BCUT2D eigenvalue weighted by Crippen LogP contribution is 2.28. The molecule has 0 spiro atoms. The Morgan fingerprint density at radius 3 is 3.04 bits per heavy atom. The number of hydrogen-bond donors (Lipinski definition) is 0. The van der Waals surface area contributed by atoms with Gasteiger partial charge in [0.1, 0.15) is 5.75 Å². The quantitative estimate of drug-likeness (QED) is 0.687. The van der Waals surface area contributed by atoms with Gasteiger partial charge in [-0.2, -0.15) is 10.1 Å². The number of benzene rings is 1. The summed E-state index contributed by atoms with van der Waals surface area (Å²) in [6.07, 6.45) is 6.16. The average Bonchev–Trinajstić information content (AvgIpc) is 3.39. The first kappa shape index (κ1) is 15.8. The molecular formula is C18H21N5O2. The van der Waals surface area contributed by atoms with Crippen LogP contribution >= 0.6 is 0 Å². The van der Waals surface area contributed by atoms with Crippen molar-refractivity contribution in [3.05, 3.63) is 48.6 Å². The Morgan fingerprint density at radius 2 is 2.20 bits per heavy atom. The minimum atomic E-state index is 0.446. The summed E-state index contributed by atoms with van der Waals surface area (Å²) in [6.45, 7) is 2.59. The van der Waals surface area contributed by atoms with Gasteiger partial charge in [-0.15, -0.1) is 0 Å². The van der Waals surface area contributed by atoms with Crippen molar-refractivity contribution < 1.29 is 9.26 Å². The number of aromatic nitrogens is 4. The summed E-state index contributed by atoms with van der Waals surface area (Å²) in [5.41, 5.74) is 0.842. The molecule has 0 radical (unpaired) electrons. The molecule has 4 rings (SSSR count). The molecule has 7 heteroatoms. The molecule has 7 nitrogen and oxygen atoms in total. The Kier molecular flexibility index (Phi) is 4.47. The predicted molar refractivity (Wildman–Crippen MR) is 91.9 cm³/mol. The molecule has 0 aliphatic carbocycles. The van der Waals surface area contributed by atoms with Gasteiger partial charge >= 0.3 is 0 Å². The number of hydrogen-bond acceptors (Lipinski definition) is 6. The van der Waals surface area contributed by atoms with Crippen LogP contribution in [0.5, 0.6) is 5.75 Å². The zero-order chi connectivity index (χ0) is 17.1. The van der Waals surface area contributed by atoms with E-state index in [1.807, 2.05) is 47.4 Å². The lowest BCUT2D eigenvalue weighted by Gasteiger charge is -2.22. The molecule has 0 saturated carbocycles. The highest BCUT2D eigenvalue weighted by Gasteiger charge is 2.27. The van der Waals surface area contributed by atoms with Crippen LogP contribution in [0.15, 0.2) is 47.2 Å². The van der Waals surface area contributed by atoms with Crippen molar-refractivity contribution in [1.82, 2.24) is 24.8 Å². The summed E-state index contributed by atoms with van der Waals surface area (Å²) in [4.78, 5) is 6.95. The molecule has 1 fully saturated rings. The third-order valence-corrected chi connectivity index (χ3v) is 4.61. The molecule has 130 valence electrons. The minimum absolute atomic E-state index is 0.446. The van der Waals surface area contributed by atoms with E-state index < -0.39 is 0 Å². The van der Waals surface area contributed by atoms with Crippen molar-refractivity contribution in [2.45, 2.75) is 32.0 Å². The van der Waals surface area contributed by atoms with Gasteiger partial charge in [0.05, 0.1) is 25.8 Å². The third-order valence-electron chi connectivity index (χ3n) is 4.61. The Balaban J connectivity index is 1.47. The Morgan fingerprint density at radius 1 is 1.28 bits per heavy atom. The standard InChI is InChI=1S/C18H21N5O2/c1-24-16-8-3-2-7-15(16)18-20-17(25-21-18)13-22-10-4-6-14(22)12-23-11-5-9-19-23/h2-3,5,7-9,11,14H,4,6,10,12-13H2,1H3/t14-/m0/s1. The number of methoxy groups -OCH3 is 1. The van der Waals surface area contributed by atoms with Gasteiger partial charge in [-0.3, -0.25) is 9.58 Å². The molecule has 1 aliphatic rings. The summed E-state index contributed by atoms with van der Waals surface area (Å²) >= 11 is 0. The van der Waals surface area contributed by atoms with E-state index in [1.54, 1.807) is 7.11 Å². The number of ether oxygens (including phenoxy) is 1. The molecule has 1 atom stereocenters. The Hall–Kier alpha value is -2.67. The third kappa shape index (κ3) is 3.41. The molecule has 1 aliphatic heterocycles. The van der Waals surface area contributed by atoms with Gasteiger partial charge < -0.3 is 9.26 Å².